The molecule has 1 N–H and O–H groups in total. The van der Waals surface area contributed by atoms with E-state index in [-0.39, 0.29) is 23.5 Å². The molecule has 1 aliphatic rings. The number of carbonyl (C=O) groups excluding carboxylic acids is 2. The number of nitrogens with zero attached hydrogens (tertiary/aromatic N) is 2. The number of piperazine rings is 1. The first-order valence-corrected chi connectivity index (χ1v) is 8.36. The Balaban J connectivity index is 1.80. The van der Waals surface area contributed by atoms with E-state index in [1.807, 2.05) is 13.0 Å². The van der Waals surface area contributed by atoms with E-state index in [1.54, 1.807) is 15.9 Å². The lowest BCUT2D eigenvalue weighted by atomic mass is 9.97. The number of rotatable bonds is 5. The van der Waals surface area contributed by atoms with Gasteiger partial charge in [-0.3, -0.25) is 9.59 Å². The van der Waals surface area contributed by atoms with Crippen molar-refractivity contribution >= 4 is 11.8 Å². The minimum absolute atomic E-state index is 0.0584. The quantitative estimate of drug-likeness (QED) is 0.885. The highest BCUT2D eigenvalue weighted by molar-refractivity contribution is 5.81. The molecule has 0 radical (unpaired) electrons. The third-order valence-corrected chi connectivity index (χ3v) is 4.30. The second kappa shape index (κ2) is 8.24. The van der Waals surface area contributed by atoms with Crippen LogP contribution in [0.1, 0.15) is 25.8 Å². The summed E-state index contributed by atoms with van der Waals surface area (Å²) in [5, 5.41) is 9.33. The molecular weight excluding hydrogens is 311 g/mol. The van der Waals surface area contributed by atoms with Crippen molar-refractivity contribution in [2.24, 2.45) is 5.92 Å². The van der Waals surface area contributed by atoms with Gasteiger partial charge in [0.15, 0.2) is 0 Å². The Morgan fingerprint density at radius 2 is 1.79 bits per heavy atom. The van der Waals surface area contributed by atoms with Crippen LogP contribution in [0.15, 0.2) is 24.3 Å². The summed E-state index contributed by atoms with van der Waals surface area (Å²) in [7, 11) is 0. The lowest BCUT2D eigenvalue weighted by molar-refractivity contribution is -0.144. The summed E-state index contributed by atoms with van der Waals surface area (Å²) in [5.41, 5.74) is 0.891. The molecular formula is C18H25FN2O3. The van der Waals surface area contributed by atoms with Crippen LogP contribution in [0.4, 0.5) is 4.39 Å². The molecule has 2 rings (SSSR count). The number of amides is 2. The number of benzene rings is 1. The molecule has 2 atom stereocenters. The normalized spacial score (nSPS) is 17.5. The van der Waals surface area contributed by atoms with Gasteiger partial charge < -0.3 is 14.9 Å². The molecule has 0 bridgehead atoms. The van der Waals surface area contributed by atoms with E-state index in [2.05, 4.69) is 0 Å². The minimum atomic E-state index is -1.00. The average Bonchev–Trinajstić information content (AvgIpc) is 2.54. The Kier molecular flexibility index (Phi) is 6.31. The Bertz CT molecular complexity index is 583. The van der Waals surface area contributed by atoms with E-state index < -0.39 is 6.10 Å². The molecule has 24 heavy (non-hydrogen) atoms. The predicted octanol–water partition coefficient (Wildman–Crippen LogP) is 1.45. The summed E-state index contributed by atoms with van der Waals surface area (Å²) in [6.07, 6.45) is 0.0590. The molecule has 6 heteroatoms. The second-order valence-electron chi connectivity index (χ2n) is 6.53. The SMILES string of the molecule is CC(CC(=O)N1CCN(C(=O)C(C)O)CC1)Cc1cccc(F)c1. The Hall–Kier alpha value is -1.95. The molecule has 0 aromatic heterocycles. The highest BCUT2D eigenvalue weighted by Crippen LogP contribution is 2.15. The lowest BCUT2D eigenvalue weighted by Crippen LogP contribution is -2.52. The van der Waals surface area contributed by atoms with Gasteiger partial charge in [-0.15, -0.1) is 0 Å². The zero-order valence-corrected chi connectivity index (χ0v) is 14.2. The molecule has 0 aliphatic carbocycles. The average molecular weight is 336 g/mol. The number of aliphatic hydroxyl groups excluding tert-OH is 1. The third-order valence-electron chi connectivity index (χ3n) is 4.30. The van der Waals surface area contributed by atoms with Crippen molar-refractivity contribution in [1.82, 2.24) is 9.80 Å². The van der Waals surface area contributed by atoms with Gasteiger partial charge in [0.2, 0.25) is 5.91 Å². The summed E-state index contributed by atoms with van der Waals surface area (Å²) >= 11 is 0. The van der Waals surface area contributed by atoms with Gasteiger partial charge in [0.1, 0.15) is 11.9 Å². The molecule has 1 aromatic rings. The van der Waals surface area contributed by atoms with Crippen LogP contribution in [0.25, 0.3) is 0 Å². The van der Waals surface area contributed by atoms with E-state index in [4.69, 9.17) is 0 Å². The van der Waals surface area contributed by atoms with Crippen LogP contribution in [0.3, 0.4) is 0 Å². The molecule has 0 spiro atoms. The largest absolute Gasteiger partial charge is 0.384 e. The molecule has 132 valence electrons. The molecule has 1 saturated heterocycles. The topological polar surface area (TPSA) is 60.9 Å². The van der Waals surface area contributed by atoms with E-state index in [0.717, 1.165) is 5.56 Å². The van der Waals surface area contributed by atoms with Crippen LogP contribution >= 0.6 is 0 Å². The van der Waals surface area contributed by atoms with Crippen molar-refractivity contribution in [3.05, 3.63) is 35.6 Å². The molecule has 5 nitrogen and oxygen atoms in total. The van der Waals surface area contributed by atoms with Gasteiger partial charge in [-0.1, -0.05) is 19.1 Å². The van der Waals surface area contributed by atoms with Crippen molar-refractivity contribution < 1.29 is 19.1 Å². The van der Waals surface area contributed by atoms with Crippen LogP contribution in [0.2, 0.25) is 0 Å². The Morgan fingerprint density at radius 1 is 1.17 bits per heavy atom. The number of hydrogen-bond donors (Lipinski definition) is 1. The van der Waals surface area contributed by atoms with Gasteiger partial charge in [-0.25, -0.2) is 4.39 Å². The summed E-state index contributed by atoms with van der Waals surface area (Å²) < 4.78 is 13.2. The maximum Gasteiger partial charge on any atom is 0.251 e. The molecule has 2 amide bonds. The fourth-order valence-corrected chi connectivity index (χ4v) is 3.01. The van der Waals surface area contributed by atoms with Gasteiger partial charge in [0, 0.05) is 32.6 Å². The first-order valence-electron chi connectivity index (χ1n) is 8.36. The van der Waals surface area contributed by atoms with E-state index in [9.17, 15) is 19.1 Å². The van der Waals surface area contributed by atoms with E-state index in [0.29, 0.717) is 39.0 Å². The van der Waals surface area contributed by atoms with Crippen molar-refractivity contribution in [2.75, 3.05) is 26.2 Å². The second-order valence-corrected chi connectivity index (χ2v) is 6.53. The Morgan fingerprint density at radius 3 is 2.38 bits per heavy atom. The van der Waals surface area contributed by atoms with Crippen LogP contribution in [0, 0.1) is 11.7 Å². The summed E-state index contributed by atoms with van der Waals surface area (Å²) in [6.45, 7) is 5.32. The minimum Gasteiger partial charge on any atom is -0.384 e. The van der Waals surface area contributed by atoms with E-state index >= 15 is 0 Å². The monoisotopic (exact) mass is 336 g/mol. The highest BCUT2D eigenvalue weighted by Gasteiger charge is 2.26. The van der Waals surface area contributed by atoms with Gasteiger partial charge in [0.05, 0.1) is 0 Å². The number of hydrogen-bond acceptors (Lipinski definition) is 3. The number of carbonyl (C=O) groups is 2. The third kappa shape index (κ3) is 5.03. The smallest absolute Gasteiger partial charge is 0.251 e. The van der Waals surface area contributed by atoms with Crippen molar-refractivity contribution in [3.8, 4) is 0 Å². The maximum absolute atomic E-state index is 13.2. The van der Waals surface area contributed by atoms with Crippen molar-refractivity contribution in [1.29, 1.82) is 0 Å². The van der Waals surface area contributed by atoms with E-state index in [1.165, 1.54) is 19.1 Å². The predicted molar refractivity (Wildman–Crippen MR) is 88.7 cm³/mol. The number of aliphatic hydroxyl groups is 1. The van der Waals surface area contributed by atoms with Crippen LogP contribution in [-0.4, -0.2) is 59.0 Å². The van der Waals surface area contributed by atoms with Gasteiger partial charge in [-0.2, -0.15) is 0 Å². The number of halogens is 1. The standard InChI is InChI=1S/C18H25FN2O3/c1-13(10-15-4-3-5-16(19)12-15)11-17(23)20-6-8-21(9-7-20)18(24)14(2)22/h3-5,12-14,22H,6-11H2,1-2H3. The van der Waals surface area contributed by atoms with Crippen molar-refractivity contribution in [3.63, 3.8) is 0 Å². The first kappa shape index (κ1) is 18.4. The molecule has 1 heterocycles. The van der Waals surface area contributed by atoms with Crippen molar-refractivity contribution in [2.45, 2.75) is 32.8 Å². The Labute approximate surface area is 142 Å². The first-order chi connectivity index (χ1) is 11.4. The van der Waals surface area contributed by atoms with Gasteiger partial charge in [0.25, 0.3) is 5.91 Å². The maximum atomic E-state index is 13.2. The summed E-state index contributed by atoms with van der Waals surface area (Å²) in [5.74, 6) is -0.369. The summed E-state index contributed by atoms with van der Waals surface area (Å²) in [6, 6.07) is 6.46. The molecule has 1 aliphatic heterocycles. The highest BCUT2D eigenvalue weighted by atomic mass is 19.1. The molecule has 1 aromatic carbocycles. The van der Waals surface area contributed by atoms with Gasteiger partial charge >= 0.3 is 0 Å². The molecule has 1 fully saturated rings. The molecule has 0 saturated carbocycles. The van der Waals surface area contributed by atoms with Crippen LogP contribution < -0.4 is 0 Å². The molecule has 2 unspecified atom stereocenters. The lowest BCUT2D eigenvalue weighted by Gasteiger charge is -2.35. The fraction of sp³-hybridized carbons (Fsp3) is 0.556. The van der Waals surface area contributed by atoms with Crippen LogP contribution in [0.5, 0.6) is 0 Å². The van der Waals surface area contributed by atoms with Crippen LogP contribution in [-0.2, 0) is 16.0 Å². The van der Waals surface area contributed by atoms with Gasteiger partial charge in [-0.05, 0) is 37.0 Å². The fourth-order valence-electron chi connectivity index (χ4n) is 3.01. The zero-order valence-electron chi connectivity index (χ0n) is 14.2. The summed E-state index contributed by atoms with van der Waals surface area (Å²) in [4.78, 5) is 27.4. The zero-order chi connectivity index (χ0) is 17.7.